The predicted octanol–water partition coefficient (Wildman–Crippen LogP) is 4.82. The van der Waals surface area contributed by atoms with Crippen molar-refractivity contribution < 1.29 is 18.4 Å². The van der Waals surface area contributed by atoms with Crippen molar-refractivity contribution in [3.63, 3.8) is 0 Å². The molecule has 2 fully saturated rings. The minimum absolute atomic E-state index is 0.254. The second kappa shape index (κ2) is 8.84. The van der Waals surface area contributed by atoms with E-state index in [1.165, 1.54) is 0 Å². The van der Waals surface area contributed by atoms with Gasteiger partial charge in [-0.3, -0.25) is 9.48 Å². The van der Waals surface area contributed by atoms with E-state index < -0.39 is 6.17 Å². The zero-order valence-electron chi connectivity index (χ0n) is 21.7. The van der Waals surface area contributed by atoms with Gasteiger partial charge >= 0.3 is 0 Å². The molecule has 0 bridgehead atoms. The lowest BCUT2D eigenvalue weighted by Gasteiger charge is -2.27. The summed E-state index contributed by atoms with van der Waals surface area (Å²) >= 11 is 0. The molecule has 198 valence electrons. The molecule has 2 aliphatic rings. The van der Waals surface area contributed by atoms with Crippen molar-refractivity contribution in [2.24, 2.45) is 0 Å². The van der Waals surface area contributed by atoms with E-state index in [1.807, 2.05) is 49.0 Å². The number of nitrogens with zero attached hydrogens (tertiary/aromatic N) is 6. The molecule has 1 aromatic carbocycles. The number of anilines is 1. The van der Waals surface area contributed by atoms with E-state index in [-0.39, 0.29) is 17.9 Å². The number of hydrogen-bond acceptors (Lipinski definition) is 7. The molecular formula is C28H26FN7O3. The highest BCUT2D eigenvalue weighted by atomic mass is 19.1. The van der Waals surface area contributed by atoms with Gasteiger partial charge in [-0.2, -0.15) is 15.2 Å². The van der Waals surface area contributed by atoms with E-state index >= 15 is 0 Å². The molecule has 5 heterocycles. The fourth-order valence-corrected chi connectivity index (χ4v) is 5.12. The van der Waals surface area contributed by atoms with Crippen molar-refractivity contribution >= 4 is 17.1 Å². The highest BCUT2D eigenvalue weighted by Crippen LogP contribution is 2.43. The molecule has 11 heteroatoms. The quantitative estimate of drug-likeness (QED) is 0.337. The van der Waals surface area contributed by atoms with Gasteiger partial charge in [0.15, 0.2) is 0 Å². The van der Waals surface area contributed by atoms with Crippen LogP contribution < -0.4 is 5.32 Å². The zero-order valence-corrected chi connectivity index (χ0v) is 21.7. The molecule has 1 amide bonds. The second-order valence-corrected chi connectivity index (χ2v) is 10.3. The van der Waals surface area contributed by atoms with E-state index in [0.29, 0.717) is 53.7 Å². The maximum absolute atomic E-state index is 13.5. The lowest BCUT2D eigenvalue weighted by molar-refractivity contribution is -0.0295. The molecule has 10 nitrogen and oxygen atoms in total. The SMILES string of the molecule is Cc1ccc(-c2noc([C@H]3C[C@@H]3F)n2)cc1NC(=O)c1cnn2ccc(-c3c(C)nn(C4COC4)c3C)cc12. The Balaban J connectivity index is 1.18. The molecule has 0 radical (unpaired) electrons. The molecule has 1 N–H and O–H groups in total. The number of alkyl halides is 1. The summed E-state index contributed by atoms with van der Waals surface area (Å²) in [5.74, 6) is 0.0681. The van der Waals surface area contributed by atoms with Gasteiger partial charge in [-0.25, -0.2) is 8.91 Å². The second-order valence-electron chi connectivity index (χ2n) is 10.3. The molecule has 5 aromatic rings. The number of aryl methyl sites for hydroxylation is 2. The molecule has 4 aromatic heterocycles. The molecule has 1 saturated heterocycles. The molecule has 1 saturated carbocycles. The number of fused-ring (bicyclic) bond motifs is 1. The third kappa shape index (κ3) is 4.00. The van der Waals surface area contributed by atoms with Crippen LogP contribution in [0.5, 0.6) is 0 Å². The van der Waals surface area contributed by atoms with Crippen LogP contribution in [0.2, 0.25) is 0 Å². The number of halogens is 1. The van der Waals surface area contributed by atoms with Gasteiger partial charge in [-0.05, 0) is 56.5 Å². The summed E-state index contributed by atoms with van der Waals surface area (Å²) in [7, 11) is 0. The zero-order chi connectivity index (χ0) is 26.8. The molecule has 1 aliphatic heterocycles. The van der Waals surface area contributed by atoms with Gasteiger partial charge in [0.05, 0.1) is 48.1 Å². The van der Waals surface area contributed by atoms with Crippen molar-refractivity contribution in [3.05, 3.63) is 71.1 Å². The molecule has 1 aliphatic carbocycles. The van der Waals surface area contributed by atoms with Crippen LogP contribution in [0.4, 0.5) is 10.1 Å². The van der Waals surface area contributed by atoms with Crippen molar-refractivity contribution in [2.45, 2.75) is 45.3 Å². The van der Waals surface area contributed by atoms with Gasteiger partial charge in [-0.15, -0.1) is 0 Å². The molecule has 2 atom stereocenters. The topological polar surface area (TPSA) is 112 Å². The lowest BCUT2D eigenvalue weighted by atomic mass is 10.0. The normalized spacial score (nSPS) is 18.9. The lowest BCUT2D eigenvalue weighted by Crippen LogP contribution is -2.32. The first-order valence-electron chi connectivity index (χ1n) is 12.9. The standard InChI is InChI=1S/C28H26FN7O3/c1-14-4-5-18(26-32-28(39-34-26)20-10-22(20)29)8-23(14)31-27(37)21-11-30-35-7-6-17(9-24(21)35)25-15(2)33-36(16(25)3)19-12-38-13-19/h4-9,11,19-20,22H,10,12-13H2,1-3H3,(H,31,37)/t20-,22-/m0/s1. The third-order valence-corrected chi connectivity index (χ3v) is 7.56. The Morgan fingerprint density at radius 3 is 2.69 bits per heavy atom. The van der Waals surface area contributed by atoms with Crippen LogP contribution in [0.1, 0.15) is 51.6 Å². The largest absolute Gasteiger partial charge is 0.377 e. The summed E-state index contributed by atoms with van der Waals surface area (Å²) in [6.07, 6.45) is 2.91. The van der Waals surface area contributed by atoms with Gasteiger partial charge in [0.1, 0.15) is 6.17 Å². The van der Waals surface area contributed by atoms with Crippen LogP contribution >= 0.6 is 0 Å². The smallest absolute Gasteiger partial charge is 0.259 e. The summed E-state index contributed by atoms with van der Waals surface area (Å²) in [6.45, 7) is 7.30. The van der Waals surface area contributed by atoms with Crippen LogP contribution in [0.15, 0.2) is 47.2 Å². The minimum atomic E-state index is -0.918. The van der Waals surface area contributed by atoms with Gasteiger partial charge in [0.2, 0.25) is 11.7 Å². The van der Waals surface area contributed by atoms with Gasteiger partial charge in [-0.1, -0.05) is 17.3 Å². The number of nitrogens with one attached hydrogen (secondary N) is 1. The summed E-state index contributed by atoms with van der Waals surface area (Å²) < 4.78 is 27.7. The number of carbonyl (C=O) groups excluding carboxylic acids is 1. The van der Waals surface area contributed by atoms with E-state index in [2.05, 4.69) is 27.5 Å². The summed E-state index contributed by atoms with van der Waals surface area (Å²) in [4.78, 5) is 17.8. The van der Waals surface area contributed by atoms with Crippen molar-refractivity contribution in [3.8, 4) is 22.5 Å². The number of benzene rings is 1. The average molecular weight is 528 g/mol. The molecule has 0 spiro atoms. The summed E-state index contributed by atoms with van der Waals surface area (Å²) in [5.41, 5.74) is 7.30. The average Bonchev–Trinajstić information content (AvgIpc) is 3.23. The highest BCUT2D eigenvalue weighted by Gasteiger charge is 2.43. The first-order valence-corrected chi connectivity index (χ1v) is 12.9. The van der Waals surface area contributed by atoms with Crippen LogP contribution in [0.3, 0.4) is 0 Å². The molecular weight excluding hydrogens is 501 g/mol. The fraction of sp³-hybridized carbons (Fsp3) is 0.321. The van der Waals surface area contributed by atoms with Crippen molar-refractivity contribution in [1.29, 1.82) is 0 Å². The molecule has 7 rings (SSSR count). The molecule has 0 unspecified atom stereocenters. The Morgan fingerprint density at radius 1 is 1.13 bits per heavy atom. The van der Waals surface area contributed by atoms with Crippen LogP contribution in [0.25, 0.3) is 28.0 Å². The third-order valence-electron chi connectivity index (χ3n) is 7.56. The van der Waals surface area contributed by atoms with Crippen molar-refractivity contribution in [1.82, 2.24) is 29.5 Å². The summed E-state index contributed by atoms with van der Waals surface area (Å²) in [6, 6.07) is 9.73. The fourth-order valence-electron chi connectivity index (χ4n) is 5.12. The van der Waals surface area contributed by atoms with Crippen LogP contribution in [-0.2, 0) is 4.74 Å². The van der Waals surface area contributed by atoms with Crippen LogP contribution in [-0.4, -0.2) is 54.8 Å². The Hall–Kier alpha value is -4.38. The number of ether oxygens (including phenoxy) is 1. The maximum atomic E-state index is 13.5. The number of aromatic nitrogens is 6. The Labute approximate surface area is 222 Å². The number of rotatable bonds is 6. The van der Waals surface area contributed by atoms with Crippen molar-refractivity contribution in [2.75, 3.05) is 18.5 Å². The van der Waals surface area contributed by atoms with Gasteiger partial charge in [0, 0.05) is 28.7 Å². The minimum Gasteiger partial charge on any atom is -0.377 e. The van der Waals surface area contributed by atoms with E-state index in [4.69, 9.17) is 14.4 Å². The van der Waals surface area contributed by atoms with E-state index in [0.717, 1.165) is 28.1 Å². The van der Waals surface area contributed by atoms with Gasteiger partial charge in [0.25, 0.3) is 5.91 Å². The molecule has 39 heavy (non-hydrogen) atoms. The predicted molar refractivity (Wildman–Crippen MR) is 140 cm³/mol. The Kier molecular flexibility index (Phi) is 5.37. The highest BCUT2D eigenvalue weighted by molar-refractivity contribution is 6.09. The first-order chi connectivity index (χ1) is 18.9. The number of hydrogen-bond donors (Lipinski definition) is 1. The Bertz CT molecular complexity index is 1750. The number of carbonyl (C=O) groups is 1. The summed E-state index contributed by atoms with van der Waals surface area (Å²) in [5, 5.41) is 16.2. The first kappa shape index (κ1) is 23.7. The Morgan fingerprint density at radius 2 is 1.95 bits per heavy atom. The number of amides is 1. The van der Waals surface area contributed by atoms with Gasteiger partial charge < -0.3 is 14.6 Å². The maximum Gasteiger partial charge on any atom is 0.259 e. The number of pyridine rings is 1. The van der Waals surface area contributed by atoms with E-state index in [1.54, 1.807) is 16.8 Å². The van der Waals surface area contributed by atoms with Crippen LogP contribution in [0, 0.1) is 20.8 Å². The van der Waals surface area contributed by atoms with E-state index in [9.17, 15) is 9.18 Å². The monoisotopic (exact) mass is 527 g/mol.